The highest BCUT2D eigenvalue weighted by atomic mass is 79.9. The normalized spacial score (nSPS) is 14.0. The number of carbonyl (C=O) groups is 1. The van der Waals surface area contributed by atoms with Crippen molar-refractivity contribution in [3.8, 4) is 0 Å². The molecule has 4 rings (SSSR count). The van der Waals surface area contributed by atoms with E-state index in [1.165, 1.54) is 29.5 Å². The van der Waals surface area contributed by atoms with Crippen LogP contribution in [0.3, 0.4) is 0 Å². The maximum Gasteiger partial charge on any atom is 0.235 e. The average Bonchev–Trinajstić information content (AvgIpc) is 2.91. The van der Waals surface area contributed by atoms with E-state index < -0.39 is 0 Å². The summed E-state index contributed by atoms with van der Waals surface area (Å²) in [4.78, 5) is 13.0. The average molecular weight is 368 g/mol. The van der Waals surface area contributed by atoms with E-state index in [-0.39, 0.29) is 5.91 Å². The van der Waals surface area contributed by atoms with Crippen molar-refractivity contribution >= 4 is 32.7 Å². The zero-order valence-electron chi connectivity index (χ0n) is 12.9. The number of nitrogens with zero attached hydrogens (tertiary/aromatic N) is 1. The standard InChI is InChI=1S/C20H18BrNO/c21-15-11-9-14(10-12-15)13-20(23)22-18-7-3-1-5-16(18)17-6-2-4-8-19(17)22/h1,3,5,7,9-12H,2,4,6,8,13H2. The second-order valence-corrected chi connectivity index (χ2v) is 7.10. The van der Waals surface area contributed by atoms with Crippen LogP contribution >= 0.6 is 15.9 Å². The summed E-state index contributed by atoms with van der Waals surface area (Å²) in [6.07, 6.45) is 4.94. The summed E-state index contributed by atoms with van der Waals surface area (Å²) in [5, 5.41) is 1.26. The lowest BCUT2D eigenvalue weighted by Crippen LogP contribution is -2.18. The molecule has 23 heavy (non-hydrogen) atoms. The monoisotopic (exact) mass is 367 g/mol. The molecule has 2 nitrogen and oxygen atoms in total. The molecule has 0 bridgehead atoms. The summed E-state index contributed by atoms with van der Waals surface area (Å²) < 4.78 is 3.02. The Morgan fingerprint density at radius 1 is 1.00 bits per heavy atom. The SMILES string of the molecule is O=C(Cc1ccc(Br)cc1)n1c2c(c3ccccc31)CCCC2. The zero-order chi connectivity index (χ0) is 15.8. The minimum atomic E-state index is 0.173. The van der Waals surface area contributed by atoms with E-state index in [0.29, 0.717) is 6.42 Å². The lowest BCUT2D eigenvalue weighted by molar-refractivity contribution is 0.0916. The van der Waals surface area contributed by atoms with Gasteiger partial charge in [0.15, 0.2) is 0 Å². The van der Waals surface area contributed by atoms with Crippen LogP contribution in [0.25, 0.3) is 10.9 Å². The third-order valence-electron chi connectivity index (χ3n) is 4.70. The Morgan fingerprint density at radius 2 is 1.74 bits per heavy atom. The van der Waals surface area contributed by atoms with Crippen LogP contribution in [0.15, 0.2) is 53.0 Å². The van der Waals surface area contributed by atoms with Crippen LogP contribution in [0.1, 0.15) is 34.5 Å². The van der Waals surface area contributed by atoms with Gasteiger partial charge in [-0.3, -0.25) is 9.36 Å². The van der Waals surface area contributed by atoms with Crippen molar-refractivity contribution in [1.82, 2.24) is 4.57 Å². The molecule has 0 unspecified atom stereocenters. The van der Waals surface area contributed by atoms with E-state index in [2.05, 4.69) is 34.1 Å². The molecular formula is C20H18BrNO. The lowest BCUT2D eigenvalue weighted by atomic mass is 9.95. The van der Waals surface area contributed by atoms with Crippen LogP contribution in [0.2, 0.25) is 0 Å². The molecule has 0 saturated heterocycles. The molecule has 0 radical (unpaired) electrons. The van der Waals surface area contributed by atoms with E-state index >= 15 is 0 Å². The van der Waals surface area contributed by atoms with E-state index in [4.69, 9.17) is 0 Å². The van der Waals surface area contributed by atoms with Gasteiger partial charge in [-0.2, -0.15) is 0 Å². The molecule has 0 saturated carbocycles. The number of aryl methyl sites for hydroxylation is 1. The number of benzene rings is 2. The van der Waals surface area contributed by atoms with Crippen LogP contribution in [0.4, 0.5) is 0 Å². The minimum Gasteiger partial charge on any atom is -0.284 e. The molecule has 1 aromatic heterocycles. The van der Waals surface area contributed by atoms with Gasteiger partial charge in [0, 0.05) is 15.6 Å². The largest absolute Gasteiger partial charge is 0.284 e. The third-order valence-corrected chi connectivity index (χ3v) is 5.23. The number of hydrogen-bond acceptors (Lipinski definition) is 1. The first-order valence-corrected chi connectivity index (χ1v) is 8.92. The van der Waals surface area contributed by atoms with Crippen molar-refractivity contribution < 1.29 is 4.79 Å². The predicted molar refractivity (Wildman–Crippen MR) is 97.1 cm³/mol. The number of fused-ring (bicyclic) bond motifs is 3. The van der Waals surface area contributed by atoms with Crippen molar-refractivity contribution in [3.63, 3.8) is 0 Å². The van der Waals surface area contributed by atoms with Gasteiger partial charge in [-0.25, -0.2) is 0 Å². The fourth-order valence-electron chi connectivity index (χ4n) is 3.64. The van der Waals surface area contributed by atoms with E-state index in [1.54, 1.807) is 0 Å². The molecule has 1 aliphatic carbocycles. The Hall–Kier alpha value is -1.87. The molecule has 0 N–H and O–H groups in total. The Balaban J connectivity index is 1.78. The van der Waals surface area contributed by atoms with Crippen LogP contribution in [0.5, 0.6) is 0 Å². The smallest absolute Gasteiger partial charge is 0.235 e. The molecule has 3 aromatic rings. The van der Waals surface area contributed by atoms with Crippen LogP contribution in [-0.2, 0) is 19.3 Å². The molecule has 3 heteroatoms. The number of hydrogen-bond donors (Lipinski definition) is 0. The van der Waals surface area contributed by atoms with Crippen molar-refractivity contribution in [2.24, 2.45) is 0 Å². The molecule has 0 fully saturated rings. The number of halogens is 1. The van der Waals surface area contributed by atoms with Gasteiger partial charge in [0.1, 0.15) is 0 Å². The molecule has 0 aliphatic heterocycles. The van der Waals surface area contributed by atoms with Crippen LogP contribution < -0.4 is 0 Å². The van der Waals surface area contributed by atoms with E-state index in [9.17, 15) is 4.79 Å². The maximum absolute atomic E-state index is 13.0. The molecule has 0 atom stereocenters. The van der Waals surface area contributed by atoms with Gasteiger partial charge in [-0.05, 0) is 55.0 Å². The van der Waals surface area contributed by atoms with Crippen molar-refractivity contribution in [1.29, 1.82) is 0 Å². The first-order chi connectivity index (χ1) is 11.2. The highest BCUT2D eigenvalue weighted by molar-refractivity contribution is 9.10. The maximum atomic E-state index is 13.0. The van der Waals surface area contributed by atoms with Crippen molar-refractivity contribution in [2.75, 3.05) is 0 Å². The second kappa shape index (κ2) is 5.97. The summed E-state index contributed by atoms with van der Waals surface area (Å²) in [6, 6.07) is 16.3. The van der Waals surface area contributed by atoms with Gasteiger partial charge < -0.3 is 0 Å². The Bertz CT molecular complexity index is 877. The summed E-state index contributed by atoms with van der Waals surface area (Å²) >= 11 is 3.44. The molecule has 0 spiro atoms. The summed E-state index contributed by atoms with van der Waals surface area (Å²) in [6.45, 7) is 0. The van der Waals surface area contributed by atoms with Crippen LogP contribution in [0, 0.1) is 0 Å². The number of rotatable bonds is 2. The first kappa shape index (κ1) is 14.7. The fraction of sp³-hybridized carbons (Fsp3) is 0.250. The van der Waals surface area contributed by atoms with Gasteiger partial charge >= 0.3 is 0 Å². The fourth-order valence-corrected chi connectivity index (χ4v) is 3.90. The highest BCUT2D eigenvalue weighted by Crippen LogP contribution is 2.32. The van der Waals surface area contributed by atoms with Gasteiger partial charge in [0.2, 0.25) is 5.91 Å². The molecule has 116 valence electrons. The van der Waals surface area contributed by atoms with Gasteiger partial charge in [0.25, 0.3) is 0 Å². The third kappa shape index (κ3) is 2.63. The lowest BCUT2D eigenvalue weighted by Gasteiger charge is -2.15. The Morgan fingerprint density at radius 3 is 2.57 bits per heavy atom. The first-order valence-electron chi connectivity index (χ1n) is 8.13. The van der Waals surface area contributed by atoms with E-state index in [0.717, 1.165) is 28.4 Å². The molecule has 1 aliphatic rings. The summed E-state index contributed by atoms with van der Waals surface area (Å²) in [5.74, 6) is 0.173. The van der Waals surface area contributed by atoms with E-state index in [1.807, 2.05) is 34.9 Å². The number of carbonyl (C=O) groups excluding carboxylic acids is 1. The number of aromatic nitrogens is 1. The number of para-hydroxylation sites is 1. The summed E-state index contributed by atoms with van der Waals surface area (Å²) in [5.41, 5.74) is 4.75. The predicted octanol–water partition coefficient (Wildman–Crippen LogP) is 5.17. The van der Waals surface area contributed by atoms with Crippen molar-refractivity contribution in [3.05, 3.63) is 69.8 Å². The molecule has 0 amide bonds. The van der Waals surface area contributed by atoms with Gasteiger partial charge in [0.05, 0.1) is 11.9 Å². The zero-order valence-corrected chi connectivity index (χ0v) is 14.5. The van der Waals surface area contributed by atoms with Crippen molar-refractivity contribution in [2.45, 2.75) is 32.1 Å². The molecular weight excluding hydrogens is 350 g/mol. The molecule has 2 aromatic carbocycles. The quantitative estimate of drug-likeness (QED) is 0.612. The van der Waals surface area contributed by atoms with Crippen LogP contribution in [-0.4, -0.2) is 10.5 Å². The Kier molecular flexibility index (Phi) is 3.82. The Labute approximate surface area is 144 Å². The highest BCUT2D eigenvalue weighted by Gasteiger charge is 2.23. The van der Waals surface area contributed by atoms with Gasteiger partial charge in [-0.15, -0.1) is 0 Å². The molecule has 1 heterocycles. The van der Waals surface area contributed by atoms with Gasteiger partial charge in [-0.1, -0.05) is 46.3 Å². The second-order valence-electron chi connectivity index (χ2n) is 6.18. The summed E-state index contributed by atoms with van der Waals surface area (Å²) in [7, 11) is 0. The minimum absolute atomic E-state index is 0.173. The topological polar surface area (TPSA) is 22.0 Å².